The molecule has 0 aliphatic heterocycles. The van der Waals surface area contributed by atoms with Gasteiger partial charge in [-0.15, -0.1) is 0 Å². The van der Waals surface area contributed by atoms with Crippen molar-refractivity contribution in [3.63, 3.8) is 0 Å². The fraction of sp³-hybridized carbons (Fsp3) is 0.522. The minimum Gasteiger partial charge on any atom is -0.394 e. The summed E-state index contributed by atoms with van der Waals surface area (Å²) in [6.07, 6.45) is 14.4. The summed E-state index contributed by atoms with van der Waals surface area (Å²) in [5.74, 6) is -0.285. The molecule has 3 N–H and O–H groups in total. The number of carbonyl (C=O) groups excluding carboxylic acids is 1. The molecule has 0 aromatic rings. The van der Waals surface area contributed by atoms with Crippen LogP contribution in [0.5, 0.6) is 0 Å². The molecule has 4 nitrogen and oxygen atoms in total. The number of aliphatic hydroxyl groups is 2. The Morgan fingerprint density at radius 3 is 2.59 bits per heavy atom. The van der Waals surface area contributed by atoms with Gasteiger partial charge in [0.25, 0.3) is 0 Å². The van der Waals surface area contributed by atoms with Crippen LogP contribution in [0.1, 0.15) is 53.9 Å². The lowest BCUT2D eigenvalue weighted by Crippen LogP contribution is -2.32. The molecule has 1 rings (SSSR count). The lowest BCUT2D eigenvalue weighted by Gasteiger charge is -2.32. The quantitative estimate of drug-likeness (QED) is 0.445. The SMILES string of the molecule is CC1=C(/C=C/C(C)=C\C=C\C(C)=C/C(=O)NCC(O)CO)C(C)(C)CCC1. The second-order valence-corrected chi connectivity index (χ2v) is 8.00. The van der Waals surface area contributed by atoms with Gasteiger partial charge in [-0.05, 0) is 56.6 Å². The van der Waals surface area contributed by atoms with Gasteiger partial charge < -0.3 is 15.5 Å². The van der Waals surface area contributed by atoms with Crippen LogP contribution in [0.15, 0.2) is 58.7 Å². The maximum absolute atomic E-state index is 11.7. The first-order valence-corrected chi connectivity index (χ1v) is 9.64. The molecule has 0 spiro atoms. The van der Waals surface area contributed by atoms with Gasteiger partial charge in [0.15, 0.2) is 0 Å². The monoisotopic (exact) mass is 373 g/mol. The zero-order valence-electron chi connectivity index (χ0n) is 17.4. The van der Waals surface area contributed by atoms with Crippen LogP contribution in [0, 0.1) is 5.41 Å². The van der Waals surface area contributed by atoms with E-state index in [1.54, 1.807) is 0 Å². The summed E-state index contributed by atoms with van der Waals surface area (Å²) in [6.45, 7) is 10.4. The van der Waals surface area contributed by atoms with Crippen LogP contribution in [0.2, 0.25) is 0 Å². The number of allylic oxidation sites excluding steroid dienone is 9. The number of hydrogen-bond acceptors (Lipinski definition) is 3. The highest BCUT2D eigenvalue weighted by molar-refractivity contribution is 5.88. The van der Waals surface area contributed by atoms with Crippen LogP contribution in [-0.4, -0.2) is 35.4 Å². The normalized spacial score (nSPS) is 19.8. The summed E-state index contributed by atoms with van der Waals surface area (Å²) in [4.78, 5) is 11.7. The number of amides is 1. The summed E-state index contributed by atoms with van der Waals surface area (Å²) >= 11 is 0. The Morgan fingerprint density at radius 2 is 1.96 bits per heavy atom. The van der Waals surface area contributed by atoms with Crippen LogP contribution in [0.3, 0.4) is 0 Å². The van der Waals surface area contributed by atoms with Crippen LogP contribution >= 0.6 is 0 Å². The van der Waals surface area contributed by atoms with E-state index in [1.807, 2.05) is 25.2 Å². The molecule has 0 saturated carbocycles. The van der Waals surface area contributed by atoms with Gasteiger partial charge in [0.1, 0.15) is 0 Å². The Labute approximate surface area is 164 Å². The largest absolute Gasteiger partial charge is 0.394 e. The Kier molecular flexibility index (Phi) is 9.47. The Morgan fingerprint density at radius 1 is 1.26 bits per heavy atom. The van der Waals surface area contributed by atoms with Gasteiger partial charge in [-0.3, -0.25) is 4.79 Å². The molecule has 27 heavy (non-hydrogen) atoms. The highest BCUT2D eigenvalue weighted by atomic mass is 16.3. The molecule has 1 unspecified atom stereocenters. The van der Waals surface area contributed by atoms with Gasteiger partial charge in [0, 0.05) is 12.6 Å². The molecular formula is C23H35NO3. The van der Waals surface area contributed by atoms with E-state index in [2.05, 4.69) is 45.2 Å². The third-order valence-electron chi connectivity index (χ3n) is 4.86. The lowest BCUT2D eigenvalue weighted by atomic mass is 9.72. The van der Waals surface area contributed by atoms with Gasteiger partial charge in [0.05, 0.1) is 12.7 Å². The van der Waals surface area contributed by atoms with Gasteiger partial charge in [-0.2, -0.15) is 0 Å². The molecule has 0 fully saturated rings. The van der Waals surface area contributed by atoms with Crippen molar-refractivity contribution in [2.75, 3.05) is 13.2 Å². The first kappa shape index (κ1) is 23.1. The van der Waals surface area contributed by atoms with Crippen LogP contribution in [-0.2, 0) is 4.79 Å². The summed E-state index contributed by atoms with van der Waals surface area (Å²) in [5, 5.41) is 20.5. The summed E-state index contributed by atoms with van der Waals surface area (Å²) in [7, 11) is 0. The second-order valence-electron chi connectivity index (χ2n) is 8.00. The number of aliphatic hydroxyl groups excluding tert-OH is 2. The first-order chi connectivity index (χ1) is 12.7. The van der Waals surface area contributed by atoms with Crippen LogP contribution in [0.4, 0.5) is 0 Å². The smallest absolute Gasteiger partial charge is 0.244 e. The van der Waals surface area contributed by atoms with E-state index in [1.165, 1.54) is 36.5 Å². The lowest BCUT2D eigenvalue weighted by molar-refractivity contribution is -0.117. The molecule has 4 heteroatoms. The molecule has 150 valence electrons. The summed E-state index contributed by atoms with van der Waals surface area (Å²) in [6, 6.07) is 0. The van der Waals surface area contributed by atoms with E-state index in [-0.39, 0.29) is 24.5 Å². The Bertz CT molecular complexity index is 663. The summed E-state index contributed by atoms with van der Waals surface area (Å²) < 4.78 is 0. The zero-order valence-corrected chi connectivity index (χ0v) is 17.4. The van der Waals surface area contributed by atoms with Crippen molar-refractivity contribution in [3.8, 4) is 0 Å². The average Bonchev–Trinajstić information content (AvgIpc) is 2.58. The standard InChI is InChI=1S/C23H35NO3/c1-17(11-12-21-19(3)10-7-13-23(21,4)5)8-6-9-18(2)14-22(27)24-15-20(26)16-25/h6,8-9,11-12,14,20,25-26H,7,10,13,15-16H2,1-5H3,(H,24,27)/b9-6+,12-11+,17-8-,18-14-. The van der Waals surface area contributed by atoms with Crippen LogP contribution < -0.4 is 5.32 Å². The van der Waals surface area contributed by atoms with E-state index >= 15 is 0 Å². The molecule has 0 saturated heterocycles. The summed E-state index contributed by atoms with van der Waals surface area (Å²) in [5.41, 5.74) is 5.14. The van der Waals surface area contributed by atoms with Gasteiger partial charge in [0.2, 0.25) is 5.91 Å². The van der Waals surface area contributed by atoms with Crippen molar-refractivity contribution in [1.29, 1.82) is 0 Å². The number of carbonyl (C=O) groups is 1. The van der Waals surface area contributed by atoms with Crippen molar-refractivity contribution in [2.45, 2.75) is 60.0 Å². The zero-order chi connectivity index (χ0) is 20.4. The minimum atomic E-state index is -0.927. The molecule has 1 aliphatic carbocycles. The minimum absolute atomic E-state index is 0.0399. The van der Waals surface area contributed by atoms with Crippen molar-refractivity contribution in [1.82, 2.24) is 5.32 Å². The average molecular weight is 374 g/mol. The van der Waals surface area contributed by atoms with Crippen molar-refractivity contribution in [3.05, 3.63) is 58.7 Å². The molecule has 1 amide bonds. The maximum atomic E-state index is 11.7. The van der Waals surface area contributed by atoms with Crippen molar-refractivity contribution in [2.24, 2.45) is 5.41 Å². The third kappa shape index (κ3) is 8.55. The van der Waals surface area contributed by atoms with E-state index in [4.69, 9.17) is 5.11 Å². The van der Waals surface area contributed by atoms with Crippen molar-refractivity contribution >= 4 is 5.91 Å². The predicted octanol–water partition coefficient (Wildman–Crippen LogP) is 3.99. The van der Waals surface area contributed by atoms with Crippen LogP contribution in [0.25, 0.3) is 0 Å². The molecule has 0 heterocycles. The third-order valence-corrected chi connectivity index (χ3v) is 4.86. The number of nitrogens with one attached hydrogen (secondary N) is 1. The Hall–Kier alpha value is -1.91. The predicted molar refractivity (Wildman–Crippen MR) is 112 cm³/mol. The Balaban J connectivity index is 2.65. The molecule has 0 bridgehead atoms. The molecule has 0 aromatic heterocycles. The van der Waals surface area contributed by atoms with Crippen molar-refractivity contribution < 1.29 is 15.0 Å². The first-order valence-electron chi connectivity index (χ1n) is 9.64. The van der Waals surface area contributed by atoms with E-state index in [0.717, 1.165) is 11.1 Å². The van der Waals surface area contributed by atoms with E-state index < -0.39 is 6.10 Å². The van der Waals surface area contributed by atoms with E-state index in [9.17, 15) is 9.90 Å². The maximum Gasteiger partial charge on any atom is 0.244 e. The highest BCUT2D eigenvalue weighted by Crippen LogP contribution is 2.40. The molecule has 1 aliphatic rings. The second kappa shape index (κ2) is 11.1. The number of rotatable bonds is 8. The fourth-order valence-corrected chi connectivity index (χ4v) is 3.22. The van der Waals surface area contributed by atoms with Gasteiger partial charge in [-0.1, -0.05) is 55.4 Å². The van der Waals surface area contributed by atoms with Gasteiger partial charge in [-0.25, -0.2) is 0 Å². The fourth-order valence-electron chi connectivity index (χ4n) is 3.22. The molecule has 0 aromatic carbocycles. The highest BCUT2D eigenvalue weighted by Gasteiger charge is 2.26. The molecular weight excluding hydrogens is 338 g/mol. The molecule has 1 atom stereocenters. The number of hydrogen-bond donors (Lipinski definition) is 3. The van der Waals surface area contributed by atoms with Gasteiger partial charge >= 0.3 is 0 Å². The van der Waals surface area contributed by atoms with E-state index in [0.29, 0.717) is 0 Å². The topological polar surface area (TPSA) is 69.6 Å². The molecule has 0 radical (unpaired) electrons.